The number of ether oxygens (including phenoxy) is 1. The molecule has 4 heteroatoms. The van der Waals surface area contributed by atoms with E-state index in [4.69, 9.17) is 4.74 Å². The number of hydrogen-bond acceptors (Lipinski definition) is 3. The Hall–Kier alpha value is -0.870. The maximum atomic E-state index is 5.62. The van der Waals surface area contributed by atoms with Crippen molar-refractivity contribution in [3.05, 3.63) is 18.0 Å². The first-order valence-corrected chi connectivity index (χ1v) is 7.07. The van der Waals surface area contributed by atoms with Crippen LogP contribution in [-0.4, -0.2) is 29.0 Å². The molecule has 0 bridgehead atoms. The predicted octanol–water partition coefficient (Wildman–Crippen LogP) is 2.28. The molecule has 0 amide bonds. The van der Waals surface area contributed by atoms with Gasteiger partial charge in [0.1, 0.15) is 0 Å². The van der Waals surface area contributed by atoms with Crippen LogP contribution >= 0.6 is 0 Å². The van der Waals surface area contributed by atoms with Crippen molar-refractivity contribution in [2.75, 3.05) is 13.2 Å². The van der Waals surface area contributed by atoms with E-state index in [1.54, 1.807) is 0 Å². The van der Waals surface area contributed by atoms with Gasteiger partial charge in [-0.1, -0.05) is 6.92 Å². The molecule has 0 saturated heterocycles. The molecule has 0 aliphatic heterocycles. The van der Waals surface area contributed by atoms with E-state index in [1.807, 2.05) is 17.9 Å². The Morgan fingerprint density at radius 2 is 2.28 bits per heavy atom. The predicted molar refractivity (Wildman–Crippen MR) is 72.4 cm³/mol. The van der Waals surface area contributed by atoms with Gasteiger partial charge >= 0.3 is 0 Å². The molecule has 18 heavy (non-hydrogen) atoms. The van der Waals surface area contributed by atoms with Crippen molar-refractivity contribution < 1.29 is 4.74 Å². The molecule has 102 valence electrons. The minimum absolute atomic E-state index is 0.392. The third kappa shape index (κ3) is 3.33. The molecule has 0 radical (unpaired) electrons. The molecule has 2 rings (SSSR count). The molecule has 1 saturated carbocycles. The second-order valence-corrected chi connectivity index (χ2v) is 5.18. The molecule has 1 N–H and O–H groups in total. The second kappa shape index (κ2) is 6.34. The highest BCUT2D eigenvalue weighted by atomic mass is 16.5. The van der Waals surface area contributed by atoms with Gasteiger partial charge in [0.05, 0.1) is 17.8 Å². The van der Waals surface area contributed by atoms with Gasteiger partial charge < -0.3 is 10.1 Å². The van der Waals surface area contributed by atoms with Crippen molar-refractivity contribution in [3.63, 3.8) is 0 Å². The molecule has 1 unspecified atom stereocenters. The van der Waals surface area contributed by atoms with Gasteiger partial charge in [-0.2, -0.15) is 5.10 Å². The van der Waals surface area contributed by atoms with Crippen LogP contribution < -0.4 is 5.32 Å². The number of aromatic nitrogens is 2. The zero-order valence-electron chi connectivity index (χ0n) is 11.7. The second-order valence-electron chi connectivity index (χ2n) is 5.18. The Morgan fingerprint density at radius 3 is 2.83 bits per heavy atom. The first-order valence-electron chi connectivity index (χ1n) is 7.07. The van der Waals surface area contributed by atoms with Crippen molar-refractivity contribution >= 4 is 0 Å². The van der Waals surface area contributed by atoms with Gasteiger partial charge in [-0.25, -0.2) is 0 Å². The molecule has 1 aliphatic carbocycles. The zero-order chi connectivity index (χ0) is 13.0. The van der Waals surface area contributed by atoms with Crippen LogP contribution in [0.25, 0.3) is 0 Å². The summed E-state index contributed by atoms with van der Waals surface area (Å²) in [6.07, 6.45) is 6.12. The lowest BCUT2D eigenvalue weighted by atomic mass is 9.77. The number of rotatable bonds is 7. The Kier molecular flexibility index (Phi) is 4.78. The van der Waals surface area contributed by atoms with E-state index in [0.717, 1.165) is 19.1 Å². The van der Waals surface area contributed by atoms with Crippen molar-refractivity contribution in [3.8, 4) is 0 Å². The van der Waals surface area contributed by atoms with Crippen molar-refractivity contribution in [2.24, 2.45) is 13.0 Å². The van der Waals surface area contributed by atoms with Crippen LogP contribution in [0.2, 0.25) is 0 Å². The van der Waals surface area contributed by atoms with Gasteiger partial charge in [0, 0.05) is 19.9 Å². The van der Waals surface area contributed by atoms with E-state index >= 15 is 0 Å². The quantitative estimate of drug-likeness (QED) is 0.808. The minimum Gasteiger partial charge on any atom is -0.378 e. The minimum atomic E-state index is 0.392. The zero-order valence-corrected chi connectivity index (χ0v) is 11.7. The summed E-state index contributed by atoms with van der Waals surface area (Å²) in [7, 11) is 1.97. The van der Waals surface area contributed by atoms with Gasteiger partial charge in [0.2, 0.25) is 0 Å². The van der Waals surface area contributed by atoms with Crippen LogP contribution in [0, 0.1) is 5.92 Å². The smallest absolute Gasteiger partial charge is 0.0793 e. The fourth-order valence-electron chi connectivity index (χ4n) is 2.75. The van der Waals surface area contributed by atoms with Crippen LogP contribution in [0.5, 0.6) is 0 Å². The average molecular weight is 251 g/mol. The Morgan fingerprint density at radius 1 is 1.50 bits per heavy atom. The molecule has 4 nitrogen and oxygen atoms in total. The van der Waals surface area contributed by atoms with E-state index in [-0.39, 0.29) is 0 Å². The molecule has 1 fully saturated rings. The van der Waals surface area contributed by atoms with Gasteiger partial charge in [-0.15, -0.1) is 0 Å². The summed E-state index contributed by atoms with van der Waals surface area (Å²) in [6, 6.07) is 2.51. The van der Waals surface area contributed by atoms with E-state index in [2.05, 4.69) is 30.3 Å². The van der Waals surface area contributed by atoms with Gasteiger partial charge in [0.25, 0.3) is 0 Å². The summed E-state index contributed by atoms with van der Waals surface area (Å²) < 4.78 is 7.50. The van der Waals surface area contributed by atoms with E-state index in [9.17, 15) is 0 Å². The first kappa shape index (κ1) is 13.6. The molecule has 0 spiro atoms. The maximum absolute atomic E-state index is 5.62. The highest BCUT2D eigenvalue weighted by molar-refractivity contribution is 5.06. The summed E-state index contributed by atoms with van der Waals surface area (Å²) in [5.41, 5.74) is 1.17. The topological polar surface area (TPSA) is 39.1 Å². The summed E-state index contributed by atoms with van der Waals surface area (Å²) >= 11 is 0. The monoisotopic (exact) mass is 251 g/mol. The van der Waals surface area contributed by atoms with E-state index in [0.29, 0.717) is 12.1 Å². The lowest BCUT2D eigenvalue weighted by molar-refractivity contribution is -0.0292. The molecule has 1 aromatic heterocycles. The number of aryl methyl sites for hydroxylation is 1. The highest BCUT2D eigenvalue weighted by Gasteiger charge is 2.32. The Bertz CT molecular complexity index is 358. The van der Waals surface area contributed by atoms with Gasteiger partial charge in [-0.3, -0.25) is 4.68 Å². The van der Waals surface area contributed by atoms with Gasteiger partial charge in [-0.05, 0) is 44.7 Å². The average Bonchev–Trinajstić information content (AvgIpc) is 2.72. The highest BCUT2D eigenvalue weighted by Crippen LogP contribution is 2.36. The summed E-state index contributed by atoms with van der Waals surface area (Å²) in [4.78, 5) is 0. The van der Waals surface area contributed by atoms with Crippen molar-refractivity contribution in [2.45, 2.75) is 45.3 Å². The first-order chi connectivity index (χ1) is 8.72. The van der Waals surface area contributed by atoms with Crippen LogP contribution in [0.4, 0.5) is 0 Å². The molecule has 1 aromatic rings. The normalized spacial score (nSPS) is 24.8. The SMILES string of the molecule is CCNC(CC1CC(OCC)C1)c1ccn(C)n1. The molecular weight excluding hydrogens is 226 g/mol. The van der Waals surface area contributed by atoms with E-state index in [1.165, 1.54) is 25.0 Å². The van der Waals surface area contributed by atoms with Gasteiger partial charge in [0.15, 0.2) is 0 Å². The largest absolute Gasteiger partial charge is 0.378 e. The fraction of sp³-hybridized carbons (Fsp3) is 0.786. The number of nitrogens with zero attached hydrogens (tertiary/aromatic N) is 2. The summed E-state index contributed by atoms with van der Waals surface area (Å²) in [6.45, 7) is 6.06. The standard InChI is InChI=1S/C14H25N3O/c1-4-15-14(13-6-7-17(3)16-13)10-11-8-12(9-11)18-5-2/h6-7,11-12,14-15H,4-5,8-10H2,1-3H3. The molecule has 0 aromatic carbocycles. The van der Waals surface area contributed by atoms with E-state index < -0.39 is 0 Å². The molecule has 1 aliphatic rings. The third-order valence-electron chi connectivity index (χ3n) is 3.71. The Labute approximate surface area is 110 Å². The lowest BCUT2D eigenvalue weighted by Gasteiger charge is -2.36. The van der Waals surface area contributed by atoms with Crippen LogP contribution in [-0.2, 0) is 11.8 Å². The number of hydrogen-bond donors (Lipinski definition) is 1. The molecule has 1 heterocycles. The Balaban J connectivity index is 1.84. The summed E-state index contributed by atoms with van der Waals surface area (Å²) in [5, 5.41) is 8.06. The maximum Gasteiger partial charge on any atom is 0.0793 e. The van der Waals surface area contributed by atoms with Crippen LogP contribution in [0.3, 0.4) is 0 Å². The number of nitrogens with one attached hydrogen (secondary N) is 1. The molecule has 1 atom stereocenters. The van der Waals surface area contributed by atoms with Crippen molar-refractivity contribution in [1.82, 2.24) is 15.1 Å². The van der Waals surface area contributed by atoms with Crippen LogP contribution in [0.15, 0.2) is 12.3 Å². The van der Waals surface area contributed by atoms with Crippen molar-refractivity contribution in [1.29, 1.82) is 0 Å². The third-order valence-corrected chi connectivity index (χ3v) is 3.71. The summed E-state index contributed by atoms with van der Waals surface area (Å²) in [5.74, 6) is 0.785. The lowest BCUT2D eigenvalue weighted by Crippen LogP contribution is -2.35. The molecular formula is C14H25N3O. The fourth-order valence-corrected chi connectivity index (χ4v) is 2.75. The van der Waals surface area contributed by atoms with Crippen LogP contribution in [0.1, 0.15) is 44.8 Å².